The number of ether oxygens (including phenoxy) is 11. The summed E-state index contributed by atoms with van der Waals surface area (Å²) in [4.78, 5) is 36.8. The number of rotatable bonds is 19. The molecule has 30 atom stereocenters. The first-order chi connectivity index (χ1) is 35.9. The SMILES string of the molecule is CC(=O)N[C@@H]1[C@@H](O)[C@H](O[C@@H]2O[C@H](CO)[C@@H](O[C@@H]3O[C@H](CO[C@H]4O[C@H](CO)[C@@H](O)[C@H](O)[C@@H]4O)[C@@H](O)[C@H](O[C@H]4O[C@H](CO)[C@@H](O)[C@H](O)[C@@H]4O[C@@H]4O[C@H](CO)[C@@H](O)[C@H](O)[C@H]4NC(C)=O)[C@@H]3O)[C@H](O)[C@H]2NC(C)=O)[C@@H](CO)O[C@@H]1O. The van der Waals surface area contributed by atoms with Gasteiger partial charge < -0.3 is 155 Å². The van der Waals surface area contributed by atoms with E-state index in [0.29, 0.717) is 0 Å². The topological polar surface area (TPSA) is 533 Å². The second-order valence-electron chi connectivity index (χ2n) is 19.0. The molecule has 0 radical (unpaired) electrons. The number of carbonyl (C=O) groups excluding carboxylic acids is 3. The van der Waals surface area contributed by atoms with E-state index in [1.54, 1.807) is 0 Å². The van der Waals surface area contributed by atoms with Crippen LogP contribution in [0.3, 0.4) is 0 Å². The van der Waals surface area contributed by atoms with Crippen LogP contribution in [0.4, 0.5) is 0 Å². The average Bonchev–Trinajstić information content (AvgIpc) is 3.38. The highest BCUT2D eigenvalue weighted by atomic mass is 16.8. The summed E-state index contributed by atoms with van der Waals surface area (Å²) in [5.41, 5.74) is 0. The summed E-state index contributed by atoms with van der Waals surface area (Å²) in [5.74, 6) is -2.37. The molecule has 6 heterocycles. The van der Waals surface area contributed by atoms with E-state index in [2.05, 4.69) is 16.0 Å². The summed E-state index contributed by atoms with van der Waals surface area (Å²) in [6, 6.07) is -4.99. The lowest BCUT2D eigenvalue weighted by atomic mass is 9.94. The summed E-state index contributed by atoms with van der Waals surface area (Å²) in [6.07, 6.45) is -52.0. The van der Waals surface area contributed by atoms with Gasteiger partial charge in [-0.2, -0.15) is 0 Å². The van der Waals surface area contributed by atoms with Gasteiger partial charge in [0.15, 0.2) is 37.7 Å². The second kappa shape index (κ2) is 27.2. The smallest absolute Gasteiger partial charge is 0.217 e. The fraction of sp³-hybridized carbons (Fsp3) is 0.929. The van der Waals surface area contributed by atoms with Crippen molar-refractivity contribution in [3.63, 3.8) is 0 Å². The van der Waals surface area contributed by atoms with Crippen molar-refractivity contribution in [3.05, 3.63) is 0 Å². The molecular weight excluding hydrogens is 1040 g/mol. The van der Waals surface area contributed by atoms with Gasteiger partial charge in [-0.15, -0.1) is 0 Å². The zero-order valence-corrected chi connectivity index (χ0v) is 40.9. The molecule has 440 valence electrons. The Balaban J connectivity index is 1.33. The molecule has 6 fully saturated rings. The summed E-state index contributed by atoms with van der Waals surface area (Å²) >= 11 is 0. The molecule has 0 unspecified atom stereocenters. The third-order valence-electron chi connectivity index (χ3n) is 13.6. The minimum atomic E-state index is -2.34. The Bertz CT molecular complexity index is 1870. The summed E-state index contributed by atoms with van der Waals surface area (Å²) < 4.78 is 63.7. The molecule has 6 aliphatic heterocycles. The number of aliphatic hydroxyl groups excluding tert-OH is 17. The molecule has 6 aliphatic rings. The molecule has 0 aromatic rings. The quantitative estimate of drug-likeness (QED) is 0.0571. The Hall–Kier alpha value is -2.71. The maximum atomic E-state index is 12.6. The first-order valence-corrected chi connectivity index (χ1v) is 24.1. The van der Waals surface area contributed by atoms with E-state index in [1.165, 1.54) is 0 Å². The minimum Gasteiger partial charge on any atom is -0.394 e. The highest BCUT2D eigenvalue weighted by molar-refractivity contribution is 5.74. The summed E-state index contributed by atoms with van der Waals surface area (Å²) in [5, 5.41) is 191. The predicted octanol–water partition coefficient (Wildman–Crippen LogP) is -13.7. The first kappa shape index (κ1) is 62.5. The molecule has 34 nitrogen and oxygen atoms in total. The van der Waals surface area contributed by atoms with Crippen LogP contribution >= 0.6 is 0 Å². The van der Waals surface area contributed by atoms with Crippen LogP contribution in [0.15, 0.2) is 0 Å². The monoisotopic (exact) mass is 1110 g/mol. The molecule has 76 heavy (non-hydrogen) atoms. The zero-order chi connectivity index (χ0) is 56.2. The van der Waals surface area contributed by atoms with Gasteiger partial charge in [0.2, 0.25) is 17.7 Å². The maximum Gasteiger partial charge on any atom is 0.217 e. The normalized spacial score (nSPS) is 48.2. The van der Waals surface area contributed by atoms with Crippen molar-refractivity contribution in [1.82, 2.24) is 16.0 Å². The minimum absolute atomic E-state index is 0.723. The fourth-order valence-corrected chi connectivity index (χ4v) is 9.60. The van der Waals surface area contributed by atoms with Gasteiger partial charge >= 0.3 is 0 Å². The molecule has 6 saturated heterocycles. The molecule has 20 N–H and O–H groups in total. The fourth-order valence-electron chi connectivity index (χ4n) is 9.60. The lowest BCUT2D eigenvalue weighted by Crippen LogP contribution is -2.70. The lowest BCUT2D eigenvalue weighted by Gasteiger charge is -2.51. The van der Waals surface area contributed by atoms with Crippen molar-refractivity contribution in [1.29, 1.82) is 0 Å². The van der Waals surface area contributed by atoms with Crippen molar-refractivity contribution < 1.29 is 153 Å². The van der Waals surface area contributed by atoms with Gasteiger partial charge in [0.25, 0.3) is 0 Å². The standard InChI is InChI=1S/C42H71N3O31/c1-10(51)43-19-27(59)33(16(7-49)67-37(19)65)73-39-21(45-12(3)53)28(60)34(17(8-50)71-39)74-41-32(64)35(25(57)18(72-41)9-66-40-31(63)29(61)23(55)14(5-47)69-40)75-42-36(30(62)24(56)15(6-48)70-42)76-38-20(44-11(2)52)26(58)22(54)13(4-46)68-38/h13-42,46-50,54-65H,4-9H2,1-3H3,(H,43,51)(H,44,52)(H,45,53)/t13-,14-,15-,16-,17-,18-,19-,20-,21-,22-,23-,24-,25-,26-,27-,28-,29+,30+,31+,32+,33-,34-,35+,36+,37+,38+,39+,40+,41+,42-/m1/s1. The highest BCUT2D eigenvalue weighted by Gasteiger charge is 2.58. The van der Waals surface area contributed by atoms with Crippen LogP contribution in [0.25, 0.3) is 0 Å². The van der Waals surface area contributed by atoms with Crippen molar-refractivity contribution in [2.75, 3.05) is 39.6 Å². The maximum absolute atomic E-state index is 12.6. The molecule has 0 bridgehead atoms. The Morgan fingerprint density at radius 3 is 1.25 bits per heavy atom. The molecule has 3 amide bonds. The first-order valence-electron chi connectivity index (χ1n) is 24.1. The van der Waals surface area contributed by atoms with Crippen molar-refractivity contribution in [2.45, 2.75) is 205 Å². The summed E-state index contributed by atoms with van der Waals surface area (Å²) in [6.45, 7) is -2.67. The Kier molecular flexibility index (Phi) is 22.3. The summed E-state index contributed by atoms with van der Waals surface area (Å²) in [7, 11) is 0. The number of amides is 3. The third kappa shape index (κ3) is 13.7. The van der Waals surface area contributed by atoms with Crippen molar-refractivity contribution in [3.8, 4) is 0 Å². The van der Waals surface area contributed by atoms with Crippen molar-refractivity contribution in [2.24, 2.45) is 0 Å². The number of nitrogens with one attached hydrogen (secondary N) is 3. The van der Waals surface area contributed by atoms with E-state index in [4.69, 9.17) is 52.1 Å². The zero-order valence-electron chi connectivity index (χ0n) is 40.9. The van der Waals surface area contributed by atoms with Crippen LogP contribution in [0.2, 0.25) is 0 Å². The Labute approximate surface area is 431 Å². The number of hydrogen-bond donors (Lipinski definition) is 20. The molecule has 34 heteroatoms. The van der Waals surface area contributed by atoms with Crippen LogP contribution in [-0.2, 0) is 66.5 Å². The van der Waals surface area contributed by atoms with Crippen LogP contribution in [0.5, 0.6) is 0 Å². The molecule has 0 aliphatic carbocycles. The predicted molar refractivity (Wildman–Crippen MR) is 234 cm³/mol. The van der Waals surface area contributed by atoms with Gasteiger partial charge in [0.05, 0.1) is 39.6 Å². The van der Waals surface area contributed by atoms with Gasteiger partial charge in [-0.25, -0.2) is 0 Å². The Morgan fingerprint density at radius 1 is 0.342 bits per heavy atom. The van der Waals surface area contributed by atoms with Gasteiger partial charge in [0, 0.05) is 20.8 Å². The van der Waals surface area contributed by atoms with E-state index in [0.717, 1.165) is 20.8 Å². The number of aliphatic hydroxyl groups is 17. The van der Waals surface area contributed by atoms with E-state index < -0.39 is 241 Å². The van der Waals surface area contributed by atoms with Gasteiger partial charge in [-0.1, -0.05) is 0 Å². The Morgan fingerprint density at radius 2 is 0.724 bits per heavy atom. The van der Waals surface area contributed by atoms with Gasteiger partial charge in [0.1, 0.15) is 146 Å². The van der Waals surface area contributed by atoms with Crippen LogP contribution in [-0.4, -0.2) is 328 Å². The molecular formula is C42H71N3O31. The van der Waals surface area contributed by atoms with E-state index in [9.17, 15) is 101 Å². The lowest BCUT2D eigenvalue weighted by molar-refractivity contribution is -0.394. The molecule has 0 spiro atoms. The number of hydrogen-bond acceptors (Lipinski definition) is 31. The second-order valence-corrected chi connectivity index (χ2v) is 19.0. The molecule has 0 aromatic carbocycles. The highest BCUT2D eigenvalue weighted by Crippen LogP contribution is 2.37. The average molecular weight is 1110 g/mol. The third-order valence-corrected chi connectivity index (χ3v) is 13.6. The van der Waals surface area contributed by atoms with Gasteiger partial charge in [-0.3, -0.25) is 14.4 Å². The largest absolute Gasteiger partial charge is 0.394 e. The van der Waals surface area contributed by atoms with E-state index in [-0.39, 0.29) is 0 Å². The van der Waals surface area contributed by atoms with Gasteiger partial charge in [-0.05, 0) is 0 Å². The molecule has 6 rings (SSSR count). The molecule has 0 aromatic heterocycles. The van der Waals surface area contributed by atoms with Crippen molar-refractivity contribution >= 4 is 17.7 Å². The van der Waals surface area contributed by atoms with Crippen LogP contribution < -0.4 is 16.0 Å². The van der Waals surface area contributed by atoms with Crippen LogP contribution in [0, 0.1) is 0 Å². The molecule has 0 saturated carbocycles. The number of carbonyl (C=O) groups is 3. The van der Waals surface area contributed by atoms with E-state index >= 15 is 0 Å². The van der Waals surface area contributed by atoms with E-state index in [1.807, 2.05) is 0 Å². The van der Waals surface area contributed by atoms with Crippen LogP contribution in [0.1, 0.15) is 20.8 Å².